The summed E-state index contributed by atoms with van der Waals surface area (Å²) < 4.78 is 5.45. The summed E-state index contributed by atoms with van der Waals surface area (Å²) in [5.74, 6) is 1.36. The number of piperidine rings is 1. The normalized spacial score (nSPS) is 15.3. The molecule has 1 fully saturated rings. The second-order valence-corrected chi connectivity index (χ2v) is 7.86. The van der Waals surface area contributed by atoms with Crippen LogP contribution in [-0.4, -0.2) is 43.6 Å². The summed E-state index contributed by atoms with van der Waals surface area (Å²) in [6.07, 6.45) is 4.68. The zero-order valence-corrected chi connectivity index (χ0v) is 17.0. The number of ether oxygens (including phenoxy) is 1. The van der Waals surface area contributed by atoms with Gasteiger partial charge in [-0.3, -0.25) is 4.79 Å². The van der Waals surface area contributed by atoms with Crippen molar-refractivity contribution < 1.29 is 9.53 Å². The lowest BCUT2D eigenvalue weighted by molar-refractivity contribution is -0.123. The molecule has 0 atom stereocenters. The fourth-order valence-corrected chi connectivity index (χ4v) is 3.75. The summed E-state index contributed by atoms with van der Waals surface area (Å²) >= 11 is 5.83. The van der Waals surface area contributed by atoms with Crippen LogP contribution in [0.4, 0.5) is 0 Å². The second-order valence-electron chi connectivity index (χ2n) is 7.42. The monoisotopic (exact) mass is 400 g/mol. The number of likely N-dealkylation sites (tertiary alicyclic amines) is 1. The van der Waals surface area contributed by atoms with Crippen molar-refractivity contribution in [3.8, 4) is 5.75 Å². The lowest BCUT2D eigenvalue weighted by atomic mass is 9.90. The number of amides is 1. The van der Waals surface area contributed by atoms with Crippen LogP contribution in [0.25, 0.3) is 0 Å². The molecule has 1 amide bonds. The molecule has 1 saturated heterocycles. The van der Waals surface area contributed by atoms with Gasteiger partial charge in [0.25, 0.3) is 5.91 Å². The Balaban J connectivity index is 1.24. The third-order valence-electron chi connectivity index (χ3n) is 5.23. The van der Waals surface area contributed by atoms with Gasteiger partial charge in [0, 0.05) is 11.6 Å². The van der Waals surface area contributed by atoms with Crippen molar-refractivity contribution in [2.24, 2.45) is 5.92 Å². The van der Waals surface area contributed by atoms with Gasteiger partial charge < -0.3 is 15.0 Å². The highest BCUT2D eigenvalue weighted by molar-refractivity contribution is 6.30. The molecule has 1 heterocycles. The molecule has 0 radical (unpaired) electrons. The van der Waals surface area contributed by atoms with Crippen LogP contribution in [0.15, 0.2) is 54.6 Å². The first-order valence-corrected chi connectivity index (χ1v) is 10.5. The highest BCUT2D eigenvalue weighted by Crippen LogP contribution is 2.21. The summed E-state index contributed by atoms with van der Waals surface area (Å²) in [5.41, 5.74) is 1.45. The number of rotatable bonds is 9. The quantitative estimate of drug-likeness (QED) is 0.642. The summed E-state index contributed by atoms with van der Waals surface area (Å²) in [7, 11) is 0. The third kappa shape index (κ3) is 7.17. The number of carbonyl (C=O) groups excluding carboxylic acids is 1. The molecule has 0 bridgehead atoms. The predicted molar refractivity (Wildman–Crippen MR) is 114 cm³/mol. The van der Waals surface area contributed by atoms with Crippen LogP contribution in [0.1, 0.15) is 24.8 Å². The van der Waals surface area contributed by atoms with Gasteiger partial charge in [0.15, 0.2) is 6.61 Å². The molecule has 4 nitrogen and oxygen atoms in total. The van der Waals surface area contributed by atoms with E-state index in [1.165, 1.54) is 24.8 Å². The van der Waals surface area contributed by atoms with E-state index in [2.05, 4.69) is 40.5 Å². The molecule has 150 valence electrons. The molecular weight excluding hydrogens is 372 g/mol. The molecule has 2 aromatic carbocycles. The summed E-state index contributed by atoms with van der Waals surface area (Å²) in [6, 6.07) is 17.8. The minimum atomic E-state index is -0.0866. The molecule has 28 heavy (non-hydrogen) atoms. The molecular formula is C23H29ClN2O2. The van der Waals surface area contributed by atoms with Crippen LogP contribution in [0.2, 0.25) is 5.02 Å². The van der Waals surface area contributed by atoms with E-state index in [9.17, 15) is 4.79 Å². The van der Waals surface area contributed by atoms with E-state index in [1.54, 1.807) is 24.3 Å². The van der Waals surface area contributed by atoms with E-state index in [4.69, 9.17) is 16.3 Å². The van der Waals surface area contributed by atoms with E-state index in [0.717, 1.165) is 32.0 Å². The maximum absolute atomic E-state index is 11.9. The lowest BCUT2D eigenvalue weighted by Crippen LogP contribution is -2.37. The molecule has 1 aliphatic rings. The van der Waals surface area contributed by atoms with Crippen LogP contribution in [0.3, 0.4) is 0 Å². The number of halogens is 1. The molecule has 0 aromatic heterocycles. The van der Waals surface area contributed by atoms with Crippen LogP contribution in [0, 0.1) is 5.92 Å². The van der Waals surface area contributed by atoms with Crippen molar-refractivity contribution in [2.75, 3.05) is 32.8 Å². The second kappa shape index (κ2) is 11.1. The SMILES string of the molecule is O=C(COc1ccc(Cl)cc1)NCCCN1CCC(Cc2ccccc2)CC1. The number of nitrogens with one attached hydrogen (secondary N) is 1. The van der Waals surface area contributed by atoms with Gasteiger partial charge in [0.1, 0.15) is 5.75 Å². The van der Waals surface area contributed by atoms with E-state index < -0.39 is 0 Å². The summed E-state index contributed by atoms with van der Waals surface area (Å²) in [4.78, 5) is 14.4. The summed E-state index contributed by atoms with van der Waals surface area (Å²) in [6.45, 7) is 4.08. The predicted octanol–water partition coefficient (Wildman–Crippen LogP) is 4.18. The van der Waals surface area contributed by atoms with Gasteiger partial charge in [-0.2, -0.15) is 0 Å². The Morgan fingerprint density at radius 3 is 2.50 bits per heavy atom. The maximum Gasteiger partial charge on any atom is 0.257 e. The molecule has 0 spiro atoms. The lowest BCUT2D eigenvalue weighted by Gasteiger charge is -2.32. The highest BCUT2D eigenvalue weighted by Gasteiger charge is 2.19. The highest BCUT2D eigenvalue weighted by atomic mass is 35.5. The van der Waals surface area contributed by atoms with Gasteiger partial charge in [-0.25, -0.2) is 0 Å². The first kappa shape index (κ1) is 20.7. The topological polar surface area (TPSA) is 41.6 Å². The first-order chi connectivity index (χ1) is 13.7. The third-order valence-corrected chi connectivity index (χ3v) is 5.48. The zero-order valence-electron chi connectivity index (χ0n) is 16.3. The number of benzene rings is 2. The van der Waals surface area contributed by atoms with Crippen LogP contribution in [0.5, 0.6) is 5.75 Å². The molecule has 3 rings (SSSR count). The fourth-order valence-electron chi connectivity index (χ4n) is 3.62. The number of hydrogen-bond acceptors (Lipinski definition) is 3. The van der Waals surface area contributed by atoms with Gasteiger partial charge >= 0.3 is 0 Å². The summed E-state index contributed by atoms with van der Waals surface area (Å²) in [5, 5.41) is 3.58. The number of hydrogen-bond donors (Lipinski definition) is 1. The van der Waals surface area contributed by atoms with E-state index >= 15 is 0 Å². The average molecular weight is 401 g/mol. The minimum Gasteiger partial charge on any atom is -0.484 e. The van der Waals surface area contributed by atoms with Crippen molar-refractivity contribution in [2.45, 2.75) is 25.7 Å². The van der Waals surface area contributed by atoms with Gasteiger partial charge in [0.2, 0.25) is 0 Å². The standard InChI is InChI=1S/C23H29ClN2O2/c24-21-7-9-22(10-8-21)28-18-23(27)25-13-4-14-26-15-11-20(12-16-26)17-19-5-2-1-3-6-19/h1-3,5-10,20H,4,11-18H2,(H,25,27). The van der Waals surface area contributed by atoms with E-state index in [1.807, 2.05) is 0 Å². The first-order valence-electron chi connectivity index (χ1n) is 10.1. The zero-order chi connectivity index (χ0) is 19.6. The van der Waals surface area contributed by atoms with Crippen molar-refractivity contribution >= 4 is 17.5 Å². The Morgan fingerprint density at radius 2 is 1.79 bits per heavy atom. The van der Waals surface area contributed by atoms with Gasteiger partial charge in [-0.1, -0.05) is 41.9 Å². The van der Waals surface area contributed by atoms with Crippen LogP contribution in [-0.2, 0) is 11.2 Å². The van der Waals surface area contributed by atoms with Gasteiger partial charge in [-0.15, -0.1) is 0 Å². The van der Waals surface area contributed by atoms with Crippen LogP contribution >= 0.6 is 11.6 Å². The average Bonchev–Trinajstić information content (AvgIpc) is 2.73. The Hall–Kier alpha value is -2.04. The Morgan fingerprint density at radius 1 is 1.07 bits per heavy atom. The number of carbonyl (C=O) groups is 1. The molecule has 5 heteroatoms. The van der Waals surface area contributed by atoms with Gasteiger partial charge in [-0.05, 0) is 81.1 Å². The largest absolute Gasteiger partial charge is 0.484 e. The minimum absolute atomic E-state index is 0.0342. The number of nitrogens with zero attached hydrogens (tertiary/aromatic N) is 1. The Bertz CT molecular complexity index is 713. The van der Waals surface area contributed by atoms with E-state index in [0.29, 0.717) is 17.3 Å². The van der Waals surface area contributed by atoms with E-state index in [-0.39, 0.29) is 12.5 Å². The van der Waals surface area contributed by atoms with Crippen molar-refractivity contribution in [3.05, 3.63) is 65.2 Å². The fraction of sp³-hybridized carbons (Fsp3) is 0.435. The molecule has 1 N–H and O–H groups in total. The van der Waals surface area contributed by atoms with Crippen molar-refractivity contribution in [3.63, 3.8) is 0 Å². The smallest absolute Gasteiger partial charge is 0.257 e. The van der Waals surface area contributed by atoms with Crippen molar-refractivity contribution in [1.29, 1.82) is 0 Å². The van der Waals surface area contributed by atoms with Gasteiger partial charge in [0.05, 0.1) is 0 Å². The molecule has 0 unspecified atom stereocenters. The Kier molecular flexibility index (Phi) is 8.19. The van der Waals surface area contributed by atoms with Crippen molar-refractivity contribution in [1.82, 2.24) is 10.2 Å². The molecule has 2 aromatic rings. The van der Waals surface area contributed by atoms with Crippen LogP contribution < -0.4 is 10.1 Å². The Labute approximate surface area is 172 Å². The molecule has 0 saturated carbocycles. The molecule has 1 aliphatic heterocycles. The maximum atomic E-state index is 11.9. The molecule has 0 aliphatic carbocycles.